The molecule has 0 spiro atoms. The van der Waals surface area contributed by atoms with E-state index in [2.05, 4.69) is 35.3 Å². The van der Waals surface area contributed by atoms with Crippen molar-refractivity contribution in [2.45, 2.75) is 25.1 Å². The molecule has 0 aliphatic rings. The second-order valence-electron chi connectivity index (χ2n) is 4.99. The summed E-state index contributed by atoms with van der Waals surface area (Å²) in [5.74, 6) is 0.892. The fourth-order valence-corrected chi connectivity index (χ4v) is 2.24. The van der Waals surface area contributed by atoms with Gasteiger partial charge in [-0.1, -0.05) is 12.1 Å². The lowest BCUT2D eigenvalue weighted by atomic mass is 10.2. The first kappa shape index (κ1) is 15.1. The molecule has 2 aromatic heterocycles. The van der Waals surface area contributed by atoms with Crippen LogP contribution in [0.1, 0.15) is 19.1 Å². The van der Waals surface area contributed by atoms with Gasteiger partial charge < -0.3 is 4.52 Å². The zero-order chi connectivity index (χ0) is 14.4. The molecule has 2 aromatic rings. The molecule has 0 amide bonds. The largest absolute Gasteiger partial charge is 0.359 e. The number of hydrogen-bond acceptors (Lipinski definition) is 5. The van der Waals surface area contributed by atoms with Gasteiger partial charge in [0.2, 0.25) is 0 Å². The Balaban J connectivity index is 1.90. The zero-order valence-electron chi connectivity index (χ0n) is 12.2. The van der Waals surface area contributed by atoms with E-state index in [4.69, 9.17) is 4.52 Å². The maximum absolute atomic E-state index is 5.40. The Kier molecular flexibility index (Phi) is 5.61. The van der Waals surface area contributed by atoms with E-state index in [0.29, 0.717) is 5.25 Å². The van der Waals surface area contributed by atoms with Crippen molar-refractivity contribution in [1.29, 1.82) is 0 Å². The average Bonchev–Trinajstić information content (AvgIpc) is 2.94. The maximum Gasteiger partial charge on any atom is 0.151 e. The lowest BCUT2D eigenvalue weighted by Gasteiger charge is -2.16. The Labute approximate surface area is 124 Å². The van der Waals surface area contributed by atoms with E-state index < -0.39 is 0 Å². The standard InChI is InChI=1S/C15H21N3OS/c1-12(20-3)6-8-18(2)11-14-9-15(17-19-14)13-5-4-7-16-10-13/h4-5,7,9-10,12H,6,8,11H2,1-3H3/t12-/m1/s1. The summed E-state index contributed by atoms with van der Waals surface area (Å²) in [7, 11) is 2.11. The molecule has 0 N–H and O–H groups in total. The molecule has 0 aliphatic carbocycles. The van der Waals surface area contributed by atoms with Gasteiger partial charge in [-0.05, 0) is 38.4 Å². The Morgan fingerprint density at radius 2 is 2.30 bits per heavy atom. The van der Waals surface area contributed by atoms with E-state index >= 15 is 0 Å². The molecule has 0 unspecified atom stereocenters. The molecule has 0 aromatic carbocycles. The molecule has 0 fully saturated rings. The van der Waals surface area contributed by atoms with E-state index in [9.17, 15) is 0 Å². The molecule has 0 aliphatic heterocycles. The first-order valence-corrected chi connectivity index (χ1v) is 8.05. The normalized spacial score (nSPS) is 12.8. The lowest BCUT2D eigenvalue weighted by molar-refractivity contribution is 0.271. The number of thioether (sulfide) groups is 1. The van der Waals surface area contributed by atoms with E-state index in [1.54, 1.807) is 12.4 Å². The summed E-state index contributed by atoms with van der Waals surface area (Å²) in [4.78, 5) is 6.36. The molecule has 108 valence electrons. The molecular weight excluding hydrogens is 270 g/mol. The summed E-state index contributed by atoms with van der Waals surface area (Å²) < 4.78 is 5.40. The third kappa shape index (κ3) is 4.35. The van der Waals surface area contributed by atoms with Gasteiger partial charge in [-0.2, -0.15) is 11.8 Å². The highest BCUT2D eigenvalue weighted by atomic mass is 32.2. The van der Waals surface area contributed by atoms with Crippen molar-refractivity contribution in [3.63, 3.8) is 0 Å². The molecule has 0 radical (unpaired) electrons. The maximum atomic E-state index is 5.40. The van der Waals surface area contributed by atoms with E-state index in [-0.39, 0.29) is 0 Å². The summed E-state index contributed by atoms with van der Waals surface area (Å²) in [6.07, 6.45) is 6.89. The number of aromatic nitrogens is 2. The summed E-state index contributed by atoms with van der Waals surface area (Å²) in [5.41, 5.74) is 1.83. The highest BCUT2D eigenvalue weighted by Crippen LogP contribution is 2.18. The van der Waals surface area contributed by atoms with Crippen molar-refractivity contribution >= 4 is 11.8 Å². The van der Waals surface area contributed by atoms with Crippen LogP contribution in [0, 0.1) is 0 Å². The minimum atomic E-state index is 0.693. The van der Waals surface area contributed by atoms with Gasteiger partial charge >= 0.3 is 0 Å². The molecule has 20 heavy (non-hydrogen) atoms. The van der Waals surface area contributed by atoms with Crippen LogP contribution in [0.2, 0.25) is 0 Å². The summed E-state index contributed by atoms with van der Waals surface area (Å²) in [6.45, 7) is 4.10. The summed E-state index contributed by atoms with van der Waals surface area (Å²) in [5, 5.41) is 4.80. The molecule has 0 saturated carbocycles. The van der Waals surface area contributed by atoms with Crippen LogP contribution in [0.3, 0.4) is 0 Å². The highest BCUT2D eigenvalue weighted by Gasteiger charge is 2.09. The number of pyridine rings is 1. The molecule has 0 bridgehead atoms. The minimum Gasteiger partial charge on any atom is -0.359 e. The topological polar surface area (TPSA) is 42.2 Å². The average molecular weight is 291 g/mol. The first-order valence-electron chi connectivity index (χ1n) is 6.76. The highest BCUT2D eigenvalue weighted by molar-refractivity contribution is 7.99. The minimum absolute atomic E-state index is 0.693. The molecule has 1 atom stereocenters. The van der Waals surface area contributed by atoms with Gasteiger partial charge in [-0.15, -0.1) is 0 Å². The second kappa shape index (κ2) is 7.45. The predicted molar refractivity (Wildman–Crippen MR) is 83.7 cm³/mol. The lowest BCUT2D eigenvalue weighted by Crippen LogP contribution is -2.21. The van der Waals surface area contributed by atoms with Gasteiger partial charge in [0.15, 0.2) is 5.76 Å². The van der Waals surface area contributed by atoms with Crippen molar-refractivity contribution in [1.82, 2.24) is 15.0 Å². The third-order valence-electron chi connectivity index (χ3n) is 3.26. The van der Waals surface area contributed by atoms with Gasteiger partial charge in [-0.25, -0.2) is 0 Å². The second-order valence-corrected chi connectivity index (χ2v) is 6.27. The van der Waals surface area contributed by atoms with Crippen molar-refractivity contribution in [3.8, 4) is 11.3 Å². The Morgan fingerprint density at radius 3 is 3.00 bits per heavy atom. The fourth-order valence-electron chi connectivity index (χ4n) is 1.90. The number of rotatable bonds is 7. The van der Waals surface area contributed by atoms with Crippen molar-refractivity contribution < 1.29 is 4.52 Å². The molecule has 4 nitrogen and oxygen atoms in total. The Morgan fingerprint density at radius 1 is 1.45 bits per heavy atom. The van der Waals surface area contributed by atoms with Crippen molar-refractivity contribution in [2.75, 3.05) is 19.8 Å². The van der Waals surface area contributed by atoms with Gasteiger partial charge in [0.05, 0.1) is 6.54 Å². The van der Waals surface area contributed by atoms with E-state index in [1.807, 2.05) is 30.0 Å². The third-order valence-corrected chi connectivity index (χ3v) is 4.30. The number of nitrogens with zero attached hydrogens (tertiary/aromatic N) is 3. The van der Waals surface area contributed by atoms with Crippen LogP contribution in [0.4, 0.5) is 0 Å². The number of hydrogen-bond donors (Lipinski definition) is 0. The van der Waals surface area contributed by atoms with Crippen LogP contribution in [-0.2, 0) is 6.54 Å². The van der Waals surface area contributed by atoms with Crippen LogP contribution >= 0.6 is 11.8 Å². The quantitative estimate of drug-likeness (QED) is 0.783. The van der Waals surface area contributed by atoms with E-state index in [1.165, 1.54) is 6.42 Å². The summed E-state index contributed by atoms with van der Waals surface area (Å²) >= 11 is 1.91. The van der Waals surface area contributed by atoms with Gasteiger partial charge in [-0.3, -0.25) is 9.88 Å². The predicted octanol–water partition coefficient (Wildman–Crippen LogP) is 3.31. The Hall–Kier alpha value is -1.33. The smallest absolute Gasteiger partial charge is 0.151 e. The fraction of sp³-hybridized carbons (Fsp3) is 0.467. The van der Waals surface area contributed by atoms with E-state index in [0.717, 1.165) is 30.1 Å². The van der Waals surface area contributed by atoms with Crippen LogP contribution in [-0.4, -0.2) is 40.1 Å². The molecule has 5 heteroatoms. The molecule has 0 saturated heterocycles. The molecular formula is C15H21N3OS. The SMILES string of the molecule is CS[C@H](C)CCN(C)Cc1cc(-c2cccnc2)no1. The molecule has 2 heterocycles. The van der Waals surface area contributed by atoms with Crippen LogP contribution in [0.15, 0.2) is 35.1 Å². The van der Waals surface area contributed by atoms with Crippen LogP contribution in [0.25, 0.3) is 11.3 Å². The van der Waals surface area contributed by atoms with Crippen LogP contribution < -0.4 is 0 Å². The van der Waals surface area contributed by atoms with Gasteiger partial charge in [0.25, 0.3) is 0 Å². The first-order chi connectivity index (χ1) is 9.69. The Bertz CT molecular complexity index is 515. The molecule has 2 rings (SSSR count). The van der Waals surface area contributed by atoms with Crippen molar-refractivity contribution in [3.05, 3.63) is 36.4 Å². The van der Waals surface area contributed by atoms with Crippen molar-refractivity contribution in [2.24, 2.45) is 0 Å². The van der Waals surface area contributed by atoms with Gasteiger partial charge in [0.1, 0.15) is 5.69 Å². The zero-order valence-corrected chi connectivity index (χ0v) is 13.1. The monoisotopic (exact) mass is 291 g/mol. The van der Waals surface area contributed by atoms with Gasteiger partial charge in [0, 0.05) is 29.3 Å². The van der Waals surface area contributed by atoms with Crippen LogP contribution in [0.5, 0.6) is 0 Å². The summed E-state index contributed by atoms with van der Waals surface area (Å²) in [6, 6.07) is 5.88.